The topological polar surface area (TPSA) is 26.3 Å². The van der Waals surface area contributed by atoms with Gasteiger partial charge in [-0.05, 0) is 13.3 Å². The number of thioether (sulfide) groups is 1. The lowest BCUT2D eigenvalue weighted by Gasteiger charge is -2.05. The molecule has 3 heteroatoms. The Morgan fingerprint density at radius 2 is 2.23 bits per heavy atom. The van der Waals surface area contributed by atoms with E-state index < -0.39 is 0 Å². The predicted molar refractivity (Wildman–Crippen MR) is 58.0 cm³/mol. The molecule has 0 saturated heterocycles. The van der Waals surface area contributed by atoms with Crippen LogP contribution in [0, 0.1) is 0 Å². The lowest BCUT2D eigenvalue weighted by molar-refractivity contribution is -0.136. The molecule has 0 fully saturated rings. The average Bonchev–Trinajstić information content (AvgIpc) is 2.15. The molecular weight excluding hydrogens is 184 g/mol. The Labute approximate surface area is 84.7 Å². The first-order valence-electron chi connectivity index (χ1n) is 4.48. The van der Waals surface area contributed by atoms with E-state index in [2.05, 4.69) is 18.6 Å². The van der Waals surface area contributed by atoms with Gasteiger partial charge in [0, 0.05) is 16.6 Å². The van der Waals surface area contributed by atoms with Gasteiger partial charge in [-0.3, -0.25) is 0 Å². The molecule has 0 aromatic rings. The SMILES string of the molecule is CCC(C)SCC=C(C)C(=O)OC. The van der Waals surface area contributed by atoms with Crippen LogP contribution in [-0.2, 0) is 9.53 Å². The third-order valence-electron chi connectivity index (χ3n) is 1.85. The number of hydrogen-bond acceptors (Lipinski definition) is 3. The molecule has 0 radical (unpaired) electrons. The predicted octanol–water partition coefficient (Wildman–Crippen LogP) is 2.64. The number of carbonyl (C=O) groups is 1. The van der Waals surface area contributed by atoms with Gasteiger partial charge in [-0.2, -0.15) is 11.8 Å². The van der Waals surface area contributed by atoms with Crippen LogP contribution >= 0.6 is 11.8 Å². The molecule has 0 aromatic heterocycles. The van der Waals surface area contributed by atoms with Crippen molar-refractivity contribution in [1.29, 1.82) is 0 Å². The molecule has 1 unspecified atom stereocenters. The molecule has 0 aliphatic heterocycles. The van der Waals surface area contributed by atoms with Crippen molar-refractivity contribution < 1.29 is 9.53 Å². The number of carbonyl (C=O) groups excluding carboxylic acids is 1. The van der Waals surface area contributed by atoms with Gasteiger partial charge in [0.2, 0.25) is 0 Å². The molecule has 0 saturated carbocycles. The van der Waals surface area contributed by atoms with Gasteiger partial charge in [0.05, 0.1) is 7.11 Å². The maximum absolute atomic E-state index is 11.0. The minimum Gasteiger partial charge on any atom is -0.466 e. The van der Waals surface area contributed by atoms with Gasteiger partial charge in [-0.15, -0.1) is 0 Å². The van der Waals surface area contributed by atoms with Crippen LogP contribution in [0.5, 0.6) is 0 Å². The molecule has 76 valence electrons. The average molecular weight is 202 g/mol. The highest BCUT2D eigenvalue weighted by Gasteiger charge is 2.02. The molecule has 0 heterocycles. The standard InChI is InChI=1S/C10H18O2S/c1-5-9(3)13-7-6-8(2)10(11)12-4/h6,9H,5,7H2,1-4H3. The van der Waals surface area contributed by atoms with Gasteiger partial charge in [0.15, 0.2) is 0 Å². The highest BCUT2D eigenvalue weighted by molar-refractivity contribution is 8.00. The molecule has 13 heavy (non-hydrogen) atoms. The van der Waals surface area contributed by atoms with Crippen molar-refractivity contribution in [2.45, 2.75) is 32.4 Å². The van der Waals surface area contributed by atoms with E-state index >= 15 is 0 Å². The Hall–Kier alpha value is -0.440. The molecule has 0 N–H and O–H groups in total. The summed E-state index contributed by atoms with van der Waals surface area (Å²) >= 11 is 1.85. The summed E-state index contributed by atoms with van der Waals surface area (Å²) in [4.78, 5) is 11.0. The van der Waals surface area contributed by atoms with Crippen molar-refractivity contribution in [3.8, 4) is 0 Å². The Kier molecular flexibility index (Phi) is 6.77. The second kappa shape index (κ2) is 7.01. The molecule has 0 bridgehead atoms. The summed E-state index contributed by atoms with van der Waals surface area (Å²) in [7, 11) is 1.40. The molecular formula is C10H18O2S. The van der Waals surface area contributed by atoms with Gasteiger partial charge in [0.1, 0.15) is 0 Å². The van der Waals surface area contributed by atoms with E-state index in [0.29, 0.717) is 10.8 Å². The zero-order valence-corrected chi connectivity index (χ0v) is 9.61. The van der Waals surface area contributed by atoms with Crippen LogP contribution in [0.4, 0.5) is 0 Å². The summed E-state index contributed by atoms with van der Waals surface area (Å²) in [6.45, 7) is 6.13. The fourth-order valence-electron chi connectivity index (χ4n) is 0.700. The Balaban J connectivity index is 3.77. The van der Waals surface area contributed by atoms with E-state index in [1.807, 2.05) is 17.8 Å². The minimum absolute atomic E-state index is 0.232. The van der Waals surface area contributed by atoms with Crippen LogP contribution in [0.3, 0.4) is 0 Å². The fourth-order valence-corrected chi connectivity index (χ4v) is 1.61. The highest BCUT2D eigenvalue weighted by Crippen LogP contribution is 2.14. The summed E-state index contributed by atoms with van der Waals surface area (Å²) in [5.41, 5.74) is 0.693. The van der Waals surface area contributed by atoms with Crippen LogP contribution in [0.2, 0.25) is 0 Å². The van der Waals surface area contributed by atoms with Crippen LogP contribution in [0.1, 0.15) is 27.2 Å². The molecule has 0 amide bonds. The van der Waals surface area contributed by atoms with Crippen LogP contribution < -0.4 is 0 Å². The Morgan fingerprint density at radius 1 is 1.62 bits per heavy atom. The molecule has 0 aliphatic rings. The summed E-state index contributed by atoms with van der Waals surface area (Å²) < 4.78 is 4.58. The second-order valence-corrected chi connectivity index (χ2v) is 4.40. The van der Waals surface area contributed by atoms with Crippen molar-refractivity contribution in [2.24, 2.45) is 0 Å². The van der Waals surface area contributed by atoms with E-state index in [0.717, 1.165) is 12.2 Å². The normalized spacial score (nSPS) is 14.0. The molecule has 0 aromatic carbocycles. The van der Waals surface area contributed by atoms with Gasteiger partial charge >= 0.3 is 5.97 Å². The number of ether oxygens (including phenoxy) is 1. The van der Waals surface area contributed by atoms with Crippen molar-refractivity contribution >= 4 is 17.7 Å². The first kappa shape index (κ1) is 12.6. The first-order valence-corrected chi connectivity index (χ1v) is 5.53. The summed E-state index contributed by atoms with van der Waals surface area (Å²) in [5.74, 6) is 0.653. The minimum atomic E-state index is -0.232. The van der Waals surface area contributed by atoms with Crippen LogP contribution in [0.25, 0.3) is 0 Å². The lowest BCUT2D eigenvalue weighted by Crippen LogP contribution is -2.02. The van der Waals surface area contributed by atoms with Gasteiger partial charge < -0.3 is 4.74 Å². The highest BCUT2D eigenvalue weighted by atomic mass is 32.2. The van der Waals surface area contributed by atoms with E-state index in [1.54, 1.807) is 6.92 Å². The molecule has 2 nitrogen and oxygen atoms in total. The Bertz CT molecular complexity index is 187. The fraction of sp³-hybridized carbons (Fsp3) is 0.700. The summed E-state index contributed by atoms with van der Waals surface area (Å²) in [6, 6.07) is 0. The maximum Gasteiger partial charge on any atom is 0.333 e. The first-order chi connectivity index (χ1) is 6.11. The molecule has 0 rings (SSSR count). The summed E-state index contributed by atoms with van der Waals surface area (Å²) in [6.07, 6.45) is 3.08. The number of hydrogen-bond donors (Lipinski definition) is 0. The largest absolute Gasteiger partial charge is 0.466 e. The number of rotatable bonds is 5. The maximum atomic E-state index is 11.0. The van der Waals surface area contributed by atoms with Crippen LogP contribution in [0.15, 0.2) is 11.6 Å². The van der Waals surface area contributed by atoms with Crippen molar-refractivity contribution in [1.82, 2.24) is 0 Å². The van der Waals surface area contributed by atoms with E-state index in [4.69, 9.17) is 0 Å². The van der Waals surface area contributed by atoms with Crippen molar-refractivity contribution in [3.63, 3.8) is 0 Å². The zero-order chi connectivity index (χ0) is 10.3. The lowest BCUT2D eigenvalue weighted by atomic mass is 10.3. The van der Waals surface area contributed by atoms with E-state index in [-0.39, 0.29) is 5.97 Å². The van der Waals surface area contributed by atoms with E-state index in [9.17, 15) is 4.79 Å². The third kappa shape index (κ3) is 5.75. The monoisotopic (exact) mass is 202 g/mol. The quantitative estimate of drug-likeness (QED) is 0.506. The summed E-state index contributed by atoms with van der Waals surface area (Å²) in [5, 5.41) is 0.654. The van der Waals surface area contributed by atoms with Crippen LogP contribution in [-0.4, -0.2) is 24.1 Å². The molecule has 0 aliphatic carbocycles. The van der Waals surface area contributed by atoms with Gasteiger partial charge in [0.25, 0.3) is 0 Å². The number of esters is 1. The van der Waals surface area contributed by atoms with Crippen molar-refractivity contribution in [3.05, 3.63) is 11.6 Å². The Morgan fingerprint density at radius 3 is 2.69 bits per heavy atom. The van der Waals surface area contributed by atoms with Crippen molar-refractivity contribution in [2.75, 3.05) is 12.9 Å². The smallest absolute Gasteiger partial charge is 0.333 e. The number of methoxy groups -OCH3 is 1. The van der Waals surface area contributed by atoms with E-state index in [1.165, 1.54) is 7.11 Å². The molecule has 1 atom stereocenters. The second-order valence-electron chi connectivity index (χ2n) is 2.93. The van der Waals surface area contributed by atoms with Gasteiger partial charge in [-0.1, -0.05) is 19.9 Å². The zero-order valence-electron chi connectivity index (χ0n) is 8.79. The van der Waals surface area contributed by atoms with Gasteiger partial charge in [-0.25, -0.2) is 4.79 Å². The third-order valence-corrected chi connectivity index (χ3v) is 3.11. The molecule has 0 spiro atoms.